The number of esters is 1. The number of ether oxygens (including phenoxy) is 2. The van der Waals surface area contributed by atoms with Crippen LogP contribution in [0.3, 0.4) is 0 Å². The van der Waals surface area contributed by atoms with Crippen molar-refractivity contribution in [2.75, 3.05) is 13.2 Å². The Morgan fingerprint density at radius 3 is 2.85 bits per heavy atom. The van der Waals surface area contributed by atoms with Crippen molar-refractivity contribution in [3.8, 4) is 5.75 Å². The number of benzene rings is 1. The Morgan fingerprint density at radius 2 is 2.15 bits per heavy atom. The summed E-state index contributed by atoms with van der Waals surface area (Å²) in [5, 5.41) is 4.08. The molecule has 1 aliphatic rings. The van der Waals surface area contributed by atoms with Gasteiger partial charge < -0.3 is 14.8 Å². The minimum absolute atomic E-state index is 0.128. The van der Waals surface area contributed by atoms with Crippen LogP contribution in [0, 0.1) is 0 Å². The summed E-state index contributed by atoms with van der Waals surface area (Å²) >= 11 is 5.84. The summed E-state index contributed by atoms with van der Waals surface area (Å²) in [7, 11) is 0. The standard InChI is InChI=1S/C15H20ClNO3/c1-2-19-15(18)8-5-12-9-14(10-17-12)20-13-6-3-11(16)4-7-13/h3-4,6-7,12,14,17H,2,5,8-10H2,1H3/t12-,14-/m1/s1. The van der Waals surface area contributed by atoms with Gasteiger partial charge in [0.15, 0.2) is 0 Å². The Labute approximate surface area is 124 Å². The predicted molar refractivity (Wildman–Crippen MR) is 78.1 cm³/mol. The molecule has 4 nitrogen and oxygen atoms in total. The number of rotatable bonds is 6. The van der Waals surface area contributed by atoms with E-state index < -0.39 is 0 Å². The van der Waals surface area contributed by atoms with Gasteiger partial charge in [0.1, 0.15) is 11.9 Å². The summed E-state index contributed by atoms with van der Waals surface area (Å²) in [6.45, 7) is 3.07. The van der Waals surface area contributed by atoms with Gasteiger partial charge >= 0.3 is 5.97 Å². The highest BCUT2D eigenvalue weighted by Gasteiger charge is 2.25. The molecule has 1 N–H and O–H groups in total. The minimum Gasteiger partial charge on any atom is -0.489 e. The molecule has 0 aromatic heterocycles. The van der Waals surface area contributed by atoms with E-state index in [9.17, 15) is 4.79 Å². The SMILES string of the molecule is CCOC(=O)CC[C@@H]1C[C@@H](Oc2ccc(Cl)cc2)CN1. The summed E-state index contributed by atoms with van der Waals surface area (Å²) in [5.74, 6) is 0.698. The lowest BCUT2D eigenvalue weighted by atomic mass is 10.1. The van der Waals surface area contributed by atoms with Crippen molar-refractivity contribution < 1.29 is 14.3 Å². The Balaban J connectivity index is 1.72. The van der Waals surface area contributed by atoms with Crippen LogP contribution in [-0.4, -0.2) is 31.3 Å². The highest BCUT2D eigenvalue weighted by atomic mass is 35.5. The smallest absolute Gasteiger partial charge is 0.305 e. The summed E-state index contributed by atoms with van der Waals surface area (Å²) < 4.78 is 10.8. The van der Waals surface area contributed by atoms with Crippen molar-refractivity contribution in [2.45, 2.75) is 38.3 Å². The van der Waals surface area contributed by atoms with Crippen LogP contribution in [0.25, 0.3) is 0 Å². The van der Waals surface area contributed by atoms with E-state index in [1.54, 1.807) is 0 Å². The maximum atomic E-state index is 11.3. The fourth-order valence-corrected chi connectivity index (χ4v) is 2.45. The molecule has 110 valence electrons. The Hall–Kier alpha value is -1.26. The lowest BCUT2D eigenvalue weighted by Gasteiger charge is -2.13. The molecule has 1 aliphatic heterocycles. The predicted octanol–water partition coefficient (Wildman–Crippen LogP) is 2.79. The van der Waals surface area contributed by atoms with Gasteiger partial charge in [0.05, 0.1) is 6.61 Å². The molecular formula is C15H20ClNO3. The monoisotopic (exact) mass is 297 g/mol. The van der Waals surface area contributed by atoms with Crippen molar-refractivity contribution in [3.63, 3.8) is 0 Å². The fraction of sp³-hybridized carbons (Fsp3) is 0.533. The van der Waals surface area contributed by atoms with Crippen molar-refractivity contribution in [1.82, 2.24) is 5.32 Å². The Morgan fingerprint density at radius 1 is 1.40 bits per heavy atom. The van der Waals surface area contributed by atoms with Gasteiger partial charge in [-0.1, -0.05) is 11.6 Å². The molecule has 0 amide bonds. The number of hydrogen-bond acceptors (Lipinski definition) is 4. The first-order chi connectivity index (χ1) is 9.67. The van der Waals surface area contributed by atoms with Gasteiger partial charge in [-0.05, 0) is 37.6 Å². The summed E-state index contributed by atoms with van der Waals surface area (Å²) in [6.07, 6.45) is 2.30. The first-order valence-corrected chi connectivity index (χ1v) is 7.36. The van der Waals surface area contributed by atoms with Crippen molar-refractivity contribution in [3.05, 3.63) is 29.3 Å². The van der Waals surface area contributed by atoms with Crippen LogP contribution in [0.4, 0.5) is 0 Å². The second kappa shape index (κ2) is 7.50. The Bertz CT molecular complexity index is 435. The van der Waals surface area contributed by atoms with Crippen molar-refractivity contribution in [2.24, 2.45) is 0 Å². The first-order valence-electron chi connectivity index (χ1n) is 6.98. The first kappa shape index (κ1) is 15.1. The molecule has 2 atom stereocenters. The number of hydrogen-bond donors (Lipinski definition) is 1. The lowest BCUT2D eigenvalue weighted by molar-refractivity contribution is -0.143. The highest BCUT2D eigenvalue weighted by molar-refractivity contribution is 6.30. The van der Waals surface area contributed by atoms with Crippen LogP contribution >= 0.6 is 11.6 Å². The second-order valence-corrected chi connectivity index (χ2v) is 5.31. The highest BCUT2D eigenvalue weighted by Crippen LogP contribution is 2.21. The molecule has 2 rings (SSSR count). The molecule has 0 bridgehead atoms. The number of nitrogens with one attached hydrogen (secondary N) is 1. The van der Waals surface area contributed by atoms with Crippen molar-refractivity contribution in [1.29, 1.82) is 0 Å². The van der Waals surface area contributed by atoms with E-state index in [0.29, 0.717) is 24.1 Å². The average molecular weight is 298 g/mol. The van der Waals surface area contributed by atoms with Gasteiger partial charge in [-0.3, -0.25) is 4.79 Å². The molecule has 5 heteroatoms. The number of halogens is 1. The van der Waals surface area contributed by atoms with E-state index in [4.69, 9.17) is 21.1 Å². The van der Waals surface area contributed by atoms with Gasteiger partial charge in [0, 0.05) is 30.5 Å². The summed E-state index contributed by atoms with van der Waals surface area (Å²) in [5.41, 5.74) is 0. The molecule has 1 aromatic carbocycles. The number of carbonyl (C=O) groups is 1. The van der Waals surface area contributed by atoms with Crippen molar-refractivity contribution >= 4 is 17.6 Å². The molecular weight excluding hydrogens is 278 g/mol. The second-order valence-electron chi connectivity index (χ2n) is 4.88. The van der Waals surface area contributed by atoms with E-state index in [2.05, 4.69) is 5.32 Å². The van der Waals surface area contributed by atoms with E-state index in [-0.39, 0.29) is 12.1 Å². The van der Waals surface area contributed by atoms with Crippen LogP contribution in [0.5, 0.6) is 5.75 Å². The molecule has 0 radical (unpaired) electrons. The van der Waals surface area contributed by atoms with Gasteiger partial charge in [0.2, 0.25) is 0 Å². The molecule has 1 fully saturated rings. The lowest BCUT2D eigenvalue weighted by Crippen LogP contribution is -2.23. The van der Waals surface area contributed by atoms with Crippen LogP contribution in [0.2, 0.25) is 5.02 Å². The quantitative estimate of drug-likeness (QED) is 0.820. The fourth-order valence-electron chi connectivity index (χ4n) is 2.32. The summed E-state index contributed by atoms with van der Waals surface area (Å²) in [4.78, 5) is 11.3. The van der Waals surface area contributed by atoms with Crippen LogP contribution in [-0.2, 0) is 9.53 Å². The van der Waals surface area contributed by atoms with Crippen LogP contribution in [0.1, 0.15) is 26.2 Å². The molecule has 1 heterocycles. The molecule has 0 saturated carbocycles. The van der Waals surface area contributed by atoms with Crippen LogP contribution < -0.4 is 10.1 Å². The Kier molecular flexibility index (Phi) is 5.68. The van der Waals surface area contributed by atoms with Gasteiger partial charge in [-0.15, -0.1) is 0 Å². The zero-order valence-corrected chi connectivity index (χ0v) is 12.4. The zero-order valence-electron chi connectivity index (χ0n) is 11.6. The normalized spacial score (nSPS) is 21.7. The molecule has 1 saturated heterocycles. The molecule has 1 aromatic rings. The van der Waals surface area contributed by atoms with E-state index in [0.717, 1.165) is 25.1 Å². The topological polar surface area (TPSA) is 47.6 Å². The molecule has 20 heavy (non-hydrogen) atoms. The third kappa shape index (κ3) is 4.69. The summed E-state index contributed by atoms with van der Waals surface area (Å²) in [6, 6.07) is 7.69. The molecule has 0 unspecified atom stereocenters. The van der Waals surface area contributed by atoms with Gasteiger partial charge in [-0.25, -0.2) is 0 Å². The third-order valence-electron chi connectivity index (χ3n) is 3.30. The van der Waals surface area contributed by atoms with Gasteiger partial charge in [0.25, 0.3) is 0 Å². The zero-order chi connectivity index (χ0) is 14.4. The molecule has 0 aliphatic carbocycles. The third-order valence-corrected chi connectivity index (χ3v) is 3.55. The minimum atomic E-state index is -0.128. The maximum absolute atomic E-state index is 11.3. The molecule has 0 spiro atoms. The maximum Gasteiger partial charge on any atom is 0.305 e. The largest absolute Gasteiger partial charge is 0.489 e. The van der Waals surface area contributed by atoms with E-state index >= 15 is 0 Å². The van der Waals surface area contributed by atoms with Gasteiger partial charge in [-0.2, -0.15) is 0 Å². The van der Waals surface area contributed by atoms with Crippen LogP contribution in [0.15, 0.2) is 24.3 Å². The average Bonchev–Trinajstić information content (AvgIpc) is 2.87. The van der Waals surface area contributed by atoms with E-state index in [1.165, 1.54) is 0 Å². The number of carbonyl (C=O) groups excluding carboxylic acids is 1. The van der Waals surface area contributed by atoms with E-state index in [1.807, 2.05) is 31.2 Å².